The Morgan fingerprint density at radius 1 is 1.44 bits per heavy atom. The lowest BCUT2D eigenvalue weighted by Crippen LogP contribution is -2.34. The van der Waals surface area contributed by atoms with E-state index in [2.05, 4.69) is 19.7 Å². The summed E-state index contributed by atoms with van der Waals surface area (Å²) < 4.78 is 56.7. The molecule has 1 aromatic heterocycles. The van der Waals surface area contributed by atoms with E-state index in [1.807, 2.05) is 4.72 Å². The number of amidine groups is 1. The third kappa shape index (κ3) is 4.54. The lowest BCUT2D eigenvalue weighted by molar-refractivity contribution is 0.151. The van der Waals surface area contributed by atoms with Gasteiger partial charge in [0.05, 0.1) is 12.2 Å². The van der Waals surface area contributed by atoms with Crippen molar-refractivity contribution < 1.29 is 27.0 Å². The first-order valence-corrected chi connectivity index (χ1v) is 8.19. The first kappa shape index (κ1) is 18.9. The van der Waals surface area contributed by atoms with Crippen LogP contribution in [0.3, 0.4) is 0 Å². The molecule has 1 aromatic carbocycles. The van der Waals surface area contributed by atoms with Gasteiger partial charge >= 0.3 is 0 Å². The number of aromatic nitrogens is 2. The number of hydrogen-bond acceptors (Lipinski definition) is 7. The van der Waals surface area contributed by atoms with Gasteiger partial charge in [-0.15, -0.1) is 0 Å². The van der Waals surface area contributed by atoms with E-state index in [0.29, 0.717) is 5.06 Å². The highest BCUT2D eigenvalue weighted by molar-refractivity contribution is 7.87. The lowest BCUT2D eigenvalue weighted by atomic mass is 10.2. The van der Waals surface area contributed by atoms with Gasteiger partial charge < -0.3 is 0 Å². The Bertz CT molecular complexity index is 857. The molecule has 0 aliphatic rings. The molecule has 0 fully saturated rings. The molecule has 0 saturated carbocycles. The number of alkyl halides is 2. The van der Waals surface area contributed by atoms with Crippen LogP contribution in [-0.2, 0) is 16.8 Å². The molecule has 2 rings (SSSR count). The largest absolute Gasteiger partial charge is 0.282 e. The van der Waals surface area contributed by atoms with Crippen LogP contribution < -0.4 is 14.5 Å². The van der Waals surface area contributed by atoms with Crippen molar-refractivity contribution in [2.45, 2.75) is 13.0 Å². The fourth-order valence-electron chi connectivity index (χ4n) is 1.76. The zero-order valence-electron chi connectivity index (χ0n) is 12.8. The number of benzene rings is 1. The van der Waals surface area contributed by atoms with E-state index in [1.165, 1.54) is 25.2 Å². The maximum Gasteiger partial charge on any atom is 0.277 e. The monoisotopic (exact) mass is 376 g/mol. The number of hydrogen-bond donors (Lipinski definition) is 4. The van der Waals surface area contributed by atoms with E-state index >= 15 is 0 Å². The van der Waals surface area contributed by atoms with Gasteiger partial charge in [0.15, 0.2) is 11.5 Å². The van der Waals surface area contributed by atoms with Crippen LogP contribution in [0.5, 0.6) is 0 Å². The van der Waals surface area contributed by atoms with Gasteiger partial charge in [-0.05, 0) is 17.3 Å². The quantitative estimate of drug-likeness (QED) is 0.317. The number of rotatable bonds is 7. The van der Waals surface area contributed by atoms with E-state index in [0.717, 1.165) is 6.07 Å². The summed E-state index contributed by atoms with van der Waals surface area (Å²) >= 11 is 0. The summed E-state index contributed by atoms with van der Waals surface area (Å²) in [7, 11) is -2.57. The van der Waals surface area contributed by atoms with Crippen molar-refractivity contribution in [1.82, 2.24) is 19.8 Å². The third-order valence-electron chi connectivity index (χ3n) is 3.06. The molecular weight excluding hydrogens is 362 g/mol. The summed E-state index contributed by atoms with van der Waals surface area (Å²) in [5.74, 6) is -0.633. The molecule has 0 radical (unpaired) electrons. The van der Waals surface area contributed by atoms with Crippen molar-refractivity contribution in [1.29, 1.82) is 5.41 Å². The summed E-state index contributed by atoms with van der Waals surface area (Å²) in [5, 5.41) is 25.2. The Morgan fingerprint density at radius 3 is 2.80 bits per heavy atom. The molecule has 0 atom stereocenters. The number of nitrogens with zero attached hydrogens (tertiary/aromatic N) is 3. The Kier molecular flexibility index (Phi) is 5.73. The SMILES string of the molecule is CNS(=O)(=O)NCc1nonc1C(=N)N(O)c1cccc(C(F)F)c1. The van der Waals surface area contributed by atoms with Gasteiger partial charge in [0.1, 0.15) is 5.69 Å². The normalized spacial score (nSPS) is 11.7. The van der Waals surface area contributed by atoms with Crippen molar-refractivity contribution in [2.75, 3.05) is 12.1 Å². The van der Waals surface area contributed by atoms with Crippen molar-refractivity contribution in [2.24, 2.45) is 0 Å². The van der Waals surface area contributed by atoms with Gasteiger partial charge in [-0.3, -0.25) is 10.6 Å². The van der Waals surface area contributed by atoms with Crippen LogP contribution in [0.15, 0.2) is 28.9 Å². The summed E-state index contributed by atoms with van der Waals surface area (Å²) in [6.07, 6.45) is -2.75. The zero-order valence-corrected chi connectivity index (χ0v) is 13.6. The first-order chi connectivity index (χ1) is 11.7. The molecule has 0 spiro atoms. The van der Waals surface area contributed by atoms with Crippen molar-refractivity contribution in [3.8, 4) is 0 Å². The minimum absolute atomic E-state index is 0.0760. The van der Waals surface area contributed by atoms with Crippen LogP contribution in [0.25, 0.3) is 0 Å². The van der Waals surface area contributed by atoms with Gasteiger partial charge in [0, 0.05) is 12.6 Å². The first-order valence-electron chi connectivity index (χ1n) is 6.70. The molecule has 25 heavy (non-hydrogen) atoms. The van der Waals surface area contributed by atoms with Crippen LogP contribution in [0, 0.1) is 5.41 Å². The minimum atomic E-state index is -3.76. The van der Waals surface area contributed by atoms with Gasteiger partial charge in [0.25, 0.3) is 16.6 Å². The maximum atomic E-state index is 12.7. The highest BCUT2D eigenvalue weighted by Gasteiger charge is 2.22. The summed E-state index contributed by atoms with van der Waals surface area (Å²) in [5.41, 5.74) is -0.783. The summed E-state index contributed by atoms with van der Waals surface area (Å²) in [6.45, 7) is -0.366. The average molecular weight is 376 g/mol. The second-order valence-corrected chi connectivity index (χ2v) is 6.35. The van der Waals surface area contributed by atoms with Crippen LogP contribution in [0.1, 0.15) is 23.4 Å². The highest BCUT2D eigenvalue weighted by Crippen LogP contribution is 2.24. The van der Waals surface area contributed by atoms with Crippen molar-refractivity contribution in [3.05, 3.63) is 41.2 Å². The predicted octanol–water partition coefficient (Wildman–Crippen LogP) is 0.782. The topological polar surface area (TPSA) is 144 Å². The lowest BCUT2D eigenvalue weighted by Gasteiger charge is -2.17. The predicted molar refractivity (Wildman–Crippen MR) is 81.6 cm³/mol. The standard InChI is InChI=1S/C12H14F2N6O4S/c1-16-25(22,23)17-6-9-10(19-24-18-9)12(15)20(21)8-4-2-3-7(5-8)11(13)14/h2-5,11,15-17,21H,6H2,1H3. The average Bonchev–Trinajstić information content (AvgIpc) is 3.07. The molecule has 0 unspecified atom stereocenters. The molecular formula is C12H14F2N6O4S. The highest BCUT2D eigenvalue weighted by atomic mass is 32.2. The van der Waals surface area contributed by atoms with Crippen LogP contribution in [0.2, 0.25) is 0 Å². The van der Waals surface area contributed by atoms with E-state index in [4.69, 9.17) is 5.41 Å². The molecule has 1 heterocycles. The van der Waals surface area contributed by atoms with Crippen LogP contribution in [0.4, 0.5) is 14.5 Å². The van der Waals surface area contributed by atoms with E-state index in [-0.39, 0.29) is 29.2 Å². The number of halogens is 2. The second kappa shape index (κ2) is 7.60. The molecule has 13 heteroatoms. The molecule has 4 N–H and O–H groups in total. The fourth-order valence-corrected chi connectivity index (χ4v) is 2.23. The van der Waals surface area contributed by atoms with Crippen molar-refractivity contribution in [3.63, 3.8) is 0 Å². The summed E-state index contributed by atoms with van der Waals surface area (Å²) in [4.78, 5) is 0. The van der Waals surface area contributed by atoms with E-state index < -0.39 is 22.5 Å². The second-order valence-electron chi connectivity index (χ2n) is 4.64. The van der Waals surface area contributed by atoms with Gasteiger partial charge in [-0.1, -0.05) is 17.3 Å². The Morgan fingerprint density at radius 2 is 2.16 bits per heavy atom. The van der Waals surface area contributed by atoms with Gasteiger partial charge in [-0.2, -0.15) is 13.1 Å². The van der Waals surface area contributed by atoms with Crippen LogP contribution in [-0.4, -0.2) is 36.8 Å². The van der Waals surface area contributed by atoms with Gasteiger partial charge in [0.2, 0.25) is 0 Å². The number of anilines is 1. The minimum Gasteiger partial charge on any atom is -0.282 e. The molecule has 0 aliphatic carbocycles. The molecule has 136 valence electrons. The molecule has 2 aromatic rings. The van der Waals surface area contributed by atoms with E-state index in [9.17, 15) is 22.4 Å². The number of nitrogens with one attached hydrogen (secondary N) is 3. The zero-order chi connectivity index (χ0) is 18.6. The fraction of sp³-hybridized carbons (Fsp3) is 0.250. The number of hydroxylamine groups is 1. The van der Waals surface area contributed by atoms with Crippen LogP contribution >= 0.6 is 0 Å². The van der Waals surface area contributed by atoms with E-state index in [1.54, 1.807) is 0 Å². The molecule has 0 amide bonds. The smallest absolute Gasteiger partial charge is 0.277 e. The third-order valence-corrected chi connectivity index (χ3v) is 4.12. The molecule has 0 bridgehead atoms. The Hall–Kier alpha value is -2.48. The Labute approximate surface area is 141 Å². The Balaban J connectivity index is 2.21. The summed E-state index contributed by atoms with van der Waals surface area (Å²) in [6, 6.07) is 4.75. The molecule has 10 nitrogen and oxygen atoms in total. The van der Waals surface area contributed by atoms with Crippen molar-refractivity contribution >= 4 is 21.7 Å². The maximum absolute atomic E-state index is 12.7. The molecule has 0 saturated heterocycles. The molecule has 0 aliphatic heterocycles. The van der Waals surface area contributed by atoms with Gasteiger partial charge in [-0.25, -0.2) is 23.2 Å².